The van der Waals surface area contributed by atoms with Gasteiger partial charge in [-0.25, -0.2) is 0 Å². The van der Waals surface area contributed by atoms with Crippen molar-refractivity contribution in [1.82, 2.24) is 5.32 Å². The Morgan fingerprint density at radius 3 is 2.71 bits per heavy atom. The summed E-state index contributed by atoms with van der Waals surface area (Å²) in [5.41, 5.74) is 0.754. The normalized spacial score (nSPS) is 24.3. The van der Waals surface area contributed by atoms with Crippen molar-refractivity contribution >= 4 is 0 Å². The van der Waals surface area contributed by atoms with Gasteiger partial charge in [-0.05, 0) is 36.5 Å². The van der Waals surface area contributed by atoms with E-state index in [2.05, 4.69) is 39.1 Å². The molecule has 0 spiro atoms. The van der Waals surface area contributed by atoms with E-state index in [1.165, 1.54) is 25.7 Å². The van der Waals surface area contributed by atoms with Crippen molar-refractivity contribution in [2.45, 2.75) is 72.3 Å². The van der Waals surface area contributed by atoms with Gasteiger partial charge in [-0.2, -0.15) is 5.26 Å². The van der Waals surface area contributed by atoms with Crippen molar-refractivity contribution in [3.05, 3.63) is 0 Å². The molecule has 0 aromatic heterocycles. The fourth-order valence-corrected chi connectivity index (χ4v) is 2.78. The second-order valence-electron chi connectivity index (χ2n) is 7.16. The molecule has 0 aromatic carbocycles. The Bertz CT molecular complexity index is 273. The van der Waals surface area contributed by atoms with Crippen LogP contribution in [0.3, 0.4) is 0 Å². The van der Waals surface area contributed by atoms with E-state index in [-0.39, 0.29) is 5.41 Å². The summed E-state index contributed by atoms with van der Waals surface area (Å²) in [6, 6.07) is 2.93. The van der Waals surface area contributed by atoms with E-state index in [0.29, 0.717) is 17.9 Å². The molecule has 1 rings (SSSR count). The Morgan fingerprint density at radius 1 is 1.41 bits per heavy atom. The summed E-state index contributed by atoms with van der Waals surface area (Å²) in [6.45, 7) is 10.3. The summed E-state index contributed by atoms with van der Waals surface area (Å²) in [5, 5.41) is 12.4. The fourth-order valence-electron chi connectivity index (χ4n) is 2.78. The minimum atomic E-state index is 0.247. The third kappa shape index (κ3) is 5.55. The Labute approximate surface area is 107 Å². The second kappa shape index (κ2) is 5.87. The summed E-state index contributed by atoms with van der Waals surface area (Å²) < 4.78 is 0. The maximum atomic E-state index is 8.64. The molecule has 1 saturated carbocycles. The van der Waals surface area contributed by atoms with Gasteiger partial charge in [0, 0.05) is 19.0 Å². The molecule has 0 heterocycles. The Balaban J connectivity index is 2.32. The third-order valence-corrected chi connectivity index (χ3v) is 3.99. The molecular formula is C15H28N2. The quantitative estimate of drug-likeness (QED) is 0.786. The monoisotopic (exact) mass is 236 g/mol. The molecule has 0 radical (unpaired) electrons. The summed E-state index contributed by atoms with van der Waals surface area (Å²) >= 11 is 0. The molecule has 0 saturated heterocycles. The van der Waals surface area contributed by atoms with E-state index < -0.39 is 0 Å². The highest BCUT2D eigenvalue weighted by atomic mass is 14.9. The number of hydrogen-bond donors (Lipinski definition) is 1. The first-order chi connectivity index (χ1) is 7.85. The predicted molar refractivity (Wildman–Crippen MR) is 72.7 cm³/mol. The molecule has 17 heavy (non-hydrogen) atoms. The number of nitrogens with zero attached hydrogens (tertiary/aromatic N) is 1. The zero-order valence-electron chi connectivity index (χ0n) is 12.0. The van der Waals surface area contributed by atoms with Crippen LogP contribution in [0.1, 0.15) is 66.2 Å². The average Bonchev–Trinajstić information content (AvgIpc) is 2.23. The van der Waals surface area contributed by atoms with Crippen molar-refractivity contribution in [3.63, 3.8) is 0 Å². The van der Waals surface area contributed by atoms with Crippen LogP contribution >= 0.6 is 0 Å². The van der Waals surface area contributed by atoms with Gasteiger partial charge in [0.05, 0.1) is 6.07 Å². The summed E-state index contributed by atoms with van der Waals surface area (Å²) in [4.78, 5) is 0. The lowest BCUT2D eigenvalue weighted by molar-refractivity contribution is 0.183. The van der Waals surface area contributed by atoms with Gasteiger partial charge in [-0.3, -0.25) is 0 Å². The number of nitrogens with one attached hydrogen (secondary N) is 1. The molecule has 2 nitrogen and oxygen atoms in total. The first-order valence-corrected chi connectivity index (χ1v) is 6.95. The first-order valence-electron chi connectivity index (χ1n) is 6.95. The summed E-state index contributed by atoms with van der Waals surface area (Å²) in [6.07, 6.45) is 6.99. The van der Waals surface area contributed by atoms with E-state index >= 15 is 0 Å². The highest BCUT2D eigenvalue weighted by molar-refractivity contribution is 4.86. The zero-order valence-corrected chi connectivity index (χ0v) is 12.0. The summed E-state index contributed by atoms with van der Waals surface area (Å²) in [7, 11) is 0. The number of hydrogen-bond acceptors (Lipinski definition) is 2. The van der Waals surface area contributed by atoms with Gasteiger partial charge < -0.3 is 5.32 Å². The van der Waals surface area contributed by atoms with Crippen LogP contribution in [-0.2, 0) is 0 Å². The smallest absolute Gasteiger partial charge is 0.0621 e. The number of rotatable bonds is 5. The van der Waals surface area contributed by atoms with Gasteiger partial charge in [0.1, 0.15) is 0 Å². The van der Waals surface area contributed by atoms with Gasteiger partial charge in [-0.15, -0.1) is 0 Å². The molecular weight excluding hydrogens is 208 g/mol. The van der Waals surface area contributed by atoms with Crippen molar-refractivity contribution in [2.24, 2.45) is 10.8 Å². The molecule has 1 unspecified atom stereocenters. The highest BCUT2D eigenvalue weighted by Crippen LogP contribution is 2.35. The van der Waals surface area contributed by atoms with Gasteiger partial charge in [0.15, 0.2) is 0 Å². The van der Waals surface area contributed by atoms with Crippen LogP contribution in [-0.4, -0.2) is 12.6 Å². The molecule has 2 heteroatoms. The molecule has 0 aliphatic heterocycles. The van der Waals surface area contributed by atoms with Crippen LogP contribution in [0.2, 0.25) is 0 Å². The Kier molecular flexibility index (Phi) is 5.01. The molecule has 0 bridgehead atoms. The molecule has 0 amide bonds. The average molecular weight is 236 g/mol. The molecule has 0 aromatic rings. The van der Waals surface area contributed by atoms with Crippen LogP contribution in [0.5, 0.6) is 0 Å². The van der Waals surface area contributed by atoms with Crippen LogP contribution < -0.4 is 5.32 Å². The lowest BCUT2D eigenvalue weighted by Gasteiger charge is -2.37. The standard InChI is InChI=1S/C15H28N2/c1-14(2)8-5-7-13(11-14)17-12-15(3,4)9-6-10-16/h13,17H,5-9,11-12H2,1-4H3. The van der Waals surface area contributed by atoms with E-state index in [1.54, 1.807) is 0 Å². The van der Waals surface area contributed by atoms with Gasteiger partial charge in [0.25, 0.3) is 0 Å². The maximum Gasteiger partial charge on any atom is 0.0621 e. The fraction of sp³-hybridized carbons (Fsp3) is 0.933. The van der Waals surface area contributed by atoms with Crippen molar-refractivity contribution in [2.75, 3.05) is 6.54 Å². The SMILES string of the molecule is CC(C)(CCC#N)CNC1CCCC(C)(C)C1. The van der Waals surface area contributed by atoms with Gasteiger partial charge in [-0.1, -0.05) is 34.1 Å². The van der Waals surface area contributed by atoms with E-state index in [4.69, 9.17) is 5.26 Å². The topological polar surface area (TPSA) is 35.8 Å². The first kappa shape index (κ1) is 14.5. The zero-order chi connectivity index (χ0) is 12.9. The summed E-state index contributed by atoms with van der Waals surface area (Å²) in [5.74, 6) is 0. The largest absolute Gasteiger partial charge is 0.313 e. The molecule has 98 valence electrons. The van der Waals surface area contributed by atoms with Gasteiger partial charge in [0.2, 0.25) is 0 Å². The lowest BCUT2D eigenvalue weighted by Crippen LogP contribution is -2.41. The Morgan fingerprint density at radius 2 is 2.12 bits per heavy atom. The molecule has 1 fully saturated rings. The van der Waals surface area contributed by atoms with E-state index in [1.807, 2.05) is 0 Å². The molecule has 1 N–H and O–H groups in total. The van der Waals surface area contributed by atoms with Crippen molar-refractivity contribution in [1.29, 1.82) is 5.26 Å². The van der Waals surface area contributed by atoms with Crippen LogP contribution in [0, 0.1) is 22.2 Å². The van der Waals surface area contributed by atoms with Gasteiger partial charge >= 0.3 is 0 Å². The highest BCUT2D eigenvalue weighted by Gasteiger charge is 2.28. The lowest BCUT2D eigenvalue weighted by atomic mass is 9.75. The second-order valence-corrected chi connectivity index (χ2v) is 7.16. The maximum absolute atomic E-state index is 8.64. The predicted octanol–water partition coefficient (Wildman–Crippen LogP) is 3.87. The Hall–Kier alpha value is -0.550. The van der Waals surface area contributed by atoms with Crippen molar-refractivity contribution in [3.8, 4) is 6.07 Å². The molecule has 1 aliphatic rings. The van der Waals surface area contributed by atoms with Crippen molar-refractivity contribution < 1.29 is 0 Å². The van der Waals surface area contributed by atoms with Crippen LogP contribution in [0.4, 0.5) is 0 Å². The number of nitriles is 1. The minimum absolute atomic E-state index is 0.247. The third-order valence-electron chi connectivity index (χ3n) is 3.99. The molecule has 1 atom stereocenters. The van der Waals surface area contributed by atoms with E-state index in [0.717, 1.165) is 13.0 Å². The van der Waals surface area contributed by atoms with E-state index in [9.17, 15) is 0 Å². The minimum Gasteiger partial charge on any atom is -0.313 e. The van der Waals surface area contributed by atoms with Crippen LogP contribution in [0.15, 0.2) is 0 Å². The van der Waals surface area contributed by atoms with Crippen LogP contribution in [0.25, 0.3) is 0 Å². The molecule has 1 aliphatic carbocycles.